The summed E-state index contributed by atoms with van der Waals surface area (Å²) in [5.74, 6) is 0.407. The number of aryl methyl sites for hydroxylation is 1. The molecule has 2 aromatic rings. The first kappa shape index (κ1) is 18.8. The molecule has 0 saturated carbocycles. The summed E-state index contributed by atoms with van der Waals surface area (Å²) in [4.78, 5) is 23.8. The van der Waals surface area contributed by atoms with Crippen molar-refractivity contribution in [3.05, 3.63) is 58.1 Å². The van der Waals surface area contributed by atoms with E-state index in [4.69, 9.17) is 4.74 Å². The standard InChI is InChI=1S/C18H20BrN3O3/c1-12-9-14(19)7-8-15(12)22-17(23)11-21-18(24)20-10-13-5-3-4-6-16(13)25-2/h3-9H,10-11H2,1-2H3,(H,22,23)(H2,20,21,24). The van der Waals surface area contributed by atoms with Crippen LogP contribution >= 0.6 is 15.9 Å². The van der Waals surface area contributed by atoms with Crippen LogP contribution in [0.5, 0.6) is 5.75 Å². The van der Waals surface area contributed by atoms with Crippen LogP contribution in [0.2, 0.25) is 0 Å². The molecule has 0 aliphatic heterocycles. The Morgan fingerprint density at radius 2 is 1.88 bits per heavy atom. The summed E-state index contributed by atoms with van der Waals surface area (Å²) in [6.07, 6.45) is 0. The van der Waals surface area contributed by atoms with Gasteiger partial charge in [0.05, 0.1) is 13.7 Å². The molecule has 0 unspecified atom stereocenters. The number of carbonyl (C=O) groups is 2. The highest BCUT2D eigenvalue weighted by atomic mass is 79.9. The molecule has 25 heavy (non-hydrogen) atoms. The SMILES string of the molecule is COc1ccccc1CNC(=O)NCC(=O)Nc1ccc(Br)cc1C. The van der Waals surface area contributed by atoms with Gasteiger partial charge < -0.3 is 20.7 Å². The number of rotatable bonds is 6. The number of halogens is 1. The fraction of sp³-hybridized carbons (Fsp3) is 0.222. The Hall–Kier alpha value is -2.54. The van der Waals surface area contributed by atoms with Gasteiger partial charge in [-0.2, -0.15) is 0 Å². The second-order valence-electron chi connectivity index (χ2n) is 5.36. The highest BCUT2D eigenvalue weighted by Gasteiger charge is 2.08. The molecule has 0 saturated heterocycles. The third-order valence-electron chi connectivity index (χ3n) is 3.50. The summed E-state index contributed by atoms with van der Waals surface area (Å²) in [7, 11) is 1.58. The van der Waals surface area contributed by atoms with Crippen molar-refractivity contribution in [2.45, 2.75) is 13.5 Å². The molecule has 3 amide bonds. The number of methoxy groups -OCH3 is 1. The van der Waals surface area contributed by atoms with Crippen LogP contribution in [0.25, 0.3) is 0 Å². The number of anilines is 1. The van der Waals surface area contributed by atoms with E-state index in [1.54, 1.807) is 13.2 Å². The van der Waals surface area contributed by atoms with Gasteiger partial charge in [0.15, 0.2) is 0 Å². The van der Waals surface area contributed by atoms with E-state index in [1.807, 2.05) is 43.3 Å². The average Bonchev–Trinajstić information content (AvgIpc) is 2.60. The molecule has 0 aromatic heterocycles. The summed E-state index contributed by atoms with van der Waals surface area (Å²) in [5.41, 5.74) is 2.50. The van der Waals surface area contributed by atoms with E-state index in [2.05, 4.69) is 31.9 Å². The van der Waals surface area contributed by atoms with Gasteiger partial charge in [0.25, 0.3) is 0 Å². The van der Waals surface area contributed by atoms with Crippen molar-refractivity contribution in [2.75, 3.05) is 19.0 Å². The fourth-order valence-corrected chi connectivity index (χ4v) is 2.68. The van der Waals surface area contributed by atoms with Gasteiger partial charge in [-0.3, -0.25) is 4.79 Å². The van der Waals surface area contributed by atoms with Crippen LogP contribution in [0.1, 0.15) is 11.1 Å². The van der Waals surface area contributed by atoms with E-state index in [9.17, 15) is 9.59 Å². The number of hydrogen-bond acceptors (Lipinski definition) is 3. The lowest BCUT2D eigenvalue weighted by molar-refractivity contribution is -0.115. The smallest absolute Gasteiger partial charge is 0.315 e. The predicted molar refractivity (Wildman–Crippen MR) is 101 cm³/mol. The first-order chi connectivity index (χ1) is 12.0. The Labute approximate surface area is 155 Å². The molecule has 2 rings (SSSR count). The number of ether oxygens (including phenoxy) is 1. The van der Waals surface area contributed by atoms with E-state index >= 15 is 0 Å². The minimum Gasteiger partial charge on any atom is -0.496 e. The first-order valence-corrected chi connectivity index (χ1v) is 8.48. The molecule has 132 valence electrons. The van der Waals surface area contributed by atoms with E-state index in [0.29, 0.717) is 18.0 Å². The molecule has 2 aromatic carbocycles. The number of hydrogen-bond donors (Lipinski definition) is 3. The molecule has 3 N–H and O–H groups in total. The number of carbonyl (C=O) groups excluding carboxylic acids is 2. The molecular weight excluding hydrogens is 386 g/mol. The maximum absolute atomic E-state index is 11.9. The van der Waals surface area contributed by atoms with Crippen molar-refractivity contribution in [2.24, 2.45) is 0 Å². The summed E-state index contributed by atoms with van der Waals surface area (Å²) < 4.78 is 6.16. The van der Waals surface area contributed by atoms with Crippen molar-refractivity contribution in [1.82, 2.24) is 10.6 Å². The quantitative estimate of drug-likeness (QED) is 0.690. The molecule has 0 fully saturated rings. The lowest BCUT2D eigenvalue weighted by Crippen LogP contribution is -2.39. The van der Waals surface area contributed by atoms with Crippen molar-refractivity contribution >= 4 is 33.6 Å². The van der Waals surface area contributed by atoms with Crippen LogP contribution in [0, 0.1) is 6.92 Å². The lowest BCUT2D eigenvalue weighted by Gasteiger charge is -2.11. The van der Waals surface area contributed by atoms with E-state index < -0.39 is 6.03 Å². The zero-order chi connectivity index (χ0) is 18.2. The van der Waals surface area contributed by atoms with Gasteiger partial charge in [-0.15, -0.1) is 0 Å². The Morgan fingerprint density at radius 3 is 2.60 bits per heavy atom. The molecule has 0 bridgehead atoms. The topological polar surface area (TPSA) is 79.5 Å². The van der Waals surface area contributed by atoms with E-state index in [1.165, 1.54) is 0 Å². The normalized spacial score (nSPS) is 10.0. The molecule has 6 nitrogen and oxygen atoms in total. The van der Waals surface area contributed by atoms with E-state index in [-0.39, 0.29) is 12.5 Å². The van der Waals surface area contributed by atoms with Gasteiger partial charge >= 0.3 is 6.03 Å². The minimum absolute atomic E-state index is 0.118. The van der Waals surface area contributed by atoms with Crippen molar-refractivity contribution in [1.29, 1.82) is 0 Å². The molecule has 0 aliphatic rings. The zero-order valence-corrected chi connectivity index (χ0v) is 15.6. The van der Waals surface area contributed by atoms with Crippen molar-refractivity contribution in [3.63, 3.8) is 0 Å². The molecule has 0 radical (unpaired) electrons. The fourth-order valence-electron chi connectivity index (χ4n) is 2.21. The van der Waals surface area contributed by atoms with Crippen LogP contribution in [0.15, 0.2) is 46.9 Å². The van der Waals surface area contributed by atoms with Crippen molar-refractivity contribution < 1.29 is 14.3 Å². The maximum Gasteiger partial charge on any atom is 0.315 e. The molecule has 0 spiro atoms. The summed E-state index contributed by atoms with van der Waals surface area (Å²) in [6.45, 7) is 2.09. The predicted octanol–water partition coefficient (Wildman–Crippen LogP) is 3.20. The Bertz CT molecular complexity index is 765. The Kier molecular flexibility index (Phi) is 6.82. The van der Waals surface area contributed by atoms with Crippen LogP contribution in [0.4, 0.5) is 10.5 Å². The summed E-state index contributed by atoms with van der Waals surface area (Å²) >= 11 is 3.37. The minimum atomic E-state index is -0.423. The van der Waals surface area contributed by atoms with Crippen LogP contribution in [-0.2, 0) is 11.3 Å². The molecular formula is C18H20BrN3O3. The Morgan fingerprint density at radius 1 is 1.12 bits per heavy atom. The van der Waals surface area contributed by atoms with Gasteiger partial charge in [0.2, 0.25) is 5.91 Å². The van der Waals surface area contributed by atoms with Crippen molar-refractivity contribution in [3.8, 4) is 5.75 Å². The van der Waals surface area contributed by atoms with Gasteiger partial charge in [0.1, 0.15) is 5.75 Å². The number of para-hydroxylation sites is 1. The summed E-state index contributed by atoms with van der Waals surface area (Å²) in [6, 6.07) is 12.5. The van der Waals surface area contributed by atoms with E-state index in [0.717, 1.165) is 15.6 Å². The number of urea groups is 1. The highest BCUT2D eigenvalue weighted by Crippen LogP contribution is 2.19. The van der Waals surface area contributed by atoms with Gasteiger partial charge in [-0.05, 0) is 36.8 Å². The number of amides is 3. The van der Waals surface area contributed by atoms with Crippen LogP contribution < -0.4 is 20.7 Å². The Balaban J connectivity index is 1.78. The number of benzene rings is 2. The first-order valence-electron chi connectivity index (χ1n) is 7.69. The molecule has 0 aliphatic carbocycles. The second kappa shape index (κ2) is 9.08. The second-order valence-corrected chi connectivity index (χ2v) is 6.27. The third-order valence-corrected chi connectivity index (χ3v) is 4.00. The molecule has 7 heteroatoms. The average molecular weight is 406 g/mol. The number of nitrogens with one attached hydrogen (secondary N) is 3. The van der Waals surface area contributed by atoms with Crippen LogP contribution in [0.3, 0.4) is 0 Å². The van der Waals surface area contributed by atoms with Gasteiger partial charge in [-0.1, -0.05) is 34.1 Å². The zero-order valence-electron chi connectivity index (χ0n) is 14.1. The highest BCUT2D eigenvalue weighted by molar-refractivity contribution is 9.10. The maximum atomic E-state index is 11.9. The monoisotopic (exact) mass is 405 g/mol. The largest absolute Gasteiger partial charge is 0.496 e. The molecule has 0 heterocycles. The third kappa shape index (κ3) is 5.79. The molecule has 0 atom stereocenters. The summed E-state index contributed by atoms with van der Waals surface area (Å²) in [5, 5.41) is 7.99. The van der Waals surface area contributed by atoms with Gasteiger partial charge in [0, 0.05) is 22.3 Å². The lowest BCUT2D eigenvalue weighted by atomic mass is 10.2. The van der Waals surface area contributed by atoms with Gasteiger partial charge in [-0.25, -0.2) is 4.79 Å². The van der Waals surface area contributed by atoms with Crippen LogP contribution in [-0.4, -0.2) is 25.6 Å².